The Labute approximate surface area is 235 Å². The largest absolute Gasteiger partial charge is 0.497 e. The summed E-state index contributed by atoms with van der Waals surface area (Å²) in [6.45, 7) is 5.01. The van der Waals surface area contributed by atoms with Crippen molar-refractivity contribution in [2.24, 2.45) is 10.2 Å². The van der Waals surface area contributed by atoms with E-state index in [4.69, 9.17) is 23.7 Å². The number of carbonyl (C=O) groups is 2. The maximum Gasteiger partial charge on any atom is 0.338 e. The van der Waals surface area contributed by atoms with E-state index in [0.29, 0.717) is 19.0 Å². The van der Waals surface area contributed by atoms with Crippen LogP contribution in [-0.2, 0) is 9.47 Å². The lowest BCUT2D eigenvalue weighted by atomic mass is 10.1. The van der Waals surface area contributed by atoms with Crippen molar-refractivity contribution in [2.75, 3.05) is 33.5 Å². The van der Waals surface area contributed by atoms with Crippen LogP contribution in [0.5, 0.6) is 17.2 Å². The molecule has 0 saturated carbocycles. The summed E-state index contributed by atoms with van der Waals surface area (Å²) >= 11 is 0. The number of nitrogens with zero attached hydrogens (tertiary/aromatic N) is 2. The molecule has 0 bridgehead atoms. The van der Waals surface area contributed by atoms with Crippen LogP contribution in [-0.4, -0.2) is 45.5 Å². The van der Waals surface area contributed by atoms with Crippen LogP contribution in [0.4, 0.5) is 11.4 Å². The molecule has 0 heterocycles. The summed E-state index contributed by atoms with van der Waals surface area (Å²) in [5, 5.41) is 8.48. The third-order valence-corrected chi connectivity index (χ3v) is 5.70. The molecule has 0 N–H and O–H groups in total. The van der Waals surface area contributed by atoms with Gasteiger partial charge in [-0.25, -0.2) is 9.59 Å². The highest BCUT2D eigenvalue weighted by molar-refractivity contribution is 5.96. The van der Waals surface area contributed by atoms with E-state index in [0.717, 1.165) is 48.6 Å². The number of unbranched alkanes of at least 4 members (excludes halogenated alkanes) is 3. The molecule has 3 aromatic carbocycles. The molecule has 0 aliphatic carbocycles. The van der Waals surface area contributed by atoms with Crippen LogP contribution in [0.3, 0.4) is 0 Å². The van der Waals surface area contributed by atoms with Crippen LogP contribution in [0.2, 0.25) is 0 Å². The van der Waals surface area contributed by atoms with Crippen molar-refractivity contribution >= 4 is 23.3 Å². The van der Waals surface area contributed by atoms with Gasteiger partial charge in [-0.05, 0) is 106 Å². The number of ether oxygens (including phenoxy) is 5. The molecule has 0 amide bonds. The Morgan fingerprint density at radius 2 is 1.05 bits per heavy atom. The predicted octanol–water partition coefficient (Wildman–Crippen LogP) is 7.48. The maximum atomic E-state index is 12.2. The van der Waals surface area contributed by atoms with Crippen molar-refractivity contribution < 1.29 is 33.3 Å². The molecular weight excluding hydrogens is 512 g/mol. The van der Waals surface area contributed by atoms with Gasteiger partial charge in [-0.3, -0.25) is 0 Å². The van der Waals surface area contributed by atoms with E-state index in [9.17, 15) is 9.59 Å². The molecule has 0 aromatic heterocycles. The molecule has 0 aliphatic heterocycles. The first-order valence-electron chi connectivity index (χ1n) is 13.4. The molecule has 0 radical (unpaired) electrons. The van der Waals surface area contributed by atoms with E-state index >= 15 is 0 Å². The second-order valence-electron chi connectivity index (χ2n) is 8.69. The molecule has 0 atom stereocenters. The summed E-state index contributed by atoms with van der Waals surface area (Å²) in [5.41, 5.74) is 2.00. The Balaban J connectivity index is 1.35. The summed E-state index contributed by atoms with van der Waals surface area (Å²) in [6, 6.07) is 19.5. The number of hydrogen-bond donors (Lipinski definition) is 0. The quantitative estimate of drug-likeness (QED) is 0.104. The smallest absolute Gasteiger partial charge is 0.338 e. The molecular formula is C31H36N2O7. The van der Waals surface area contributed by atoms with E-state index < -0.39 is 11.9 Å². The average molecular weight is 549 g/mol. The van der Waals surface area contributed by atoms with Crippen LogP contribution in [0, 0.1) is 0 Å². The van der Waals surface area contributed by atoms with Crippen LogP contribution >= 0.6 is 0 Å². The van der Waals surface area contributed by atoms with E-state index in [2.05, 4.69) is 10.2 Å². The van der Waals surface area contributed by atoms with Gasteiger partial charge in [-0.1, -0.05) is 0 Å². The molecule has 0 fully saturated rings. The number of hydrogen-bond acceptors (Lipinski definition) is 9. The number of methoxy groups -OCH3 is 1. The van der Waals surface area contributed by atoms with Gasteiger partial charge >= 0.3 is 11.9 Å². The van der Waals surface area contributed by atoms with E-state index in [1.807, 2.05) is 48.5 Å². The zero-order valence-electron chi connectivity index (χ0n) is 23.3. The number of benzene rings is 3. The second-order valence-corrected chi connectivity index (χ2v) is 8.69. The molecule has 0 saturated heterocycles. The molecule has 3 aromatic rings. The molecule has 212 valence electrons. The summed E-state index contributed by atoms with van der Waals surface area (Å²) in [4.78, 5) is 24.3. The number of rotatable bonds is 16. The Kier molecular flexibility index (Phi) is 12.5. The summed E-state index contributed by atoms with van der Waals surface area (Å²) in [5.74, 6) is 0.976. The topological polar surface area (TPSA) is 105 Å². The average Bonchev–Trinajstić information content (AvgIpc) is 2.98. The van der Waals surface area contributed by atoms with Gasteiger partial charge < -0.3 is 23.7 Å². The number of esters is 2. The minimum atomic E-state index is -0.508. The fraction of sp³-hybridized carbons (Fsp3) is 0.355. The molecule has 0 spiro atoms. The van der Waals surface area contributed by atoms with Crippen LogP contribution in [0.1, 0.15) is 60.2 Å². The minimum Gasteiger partial charge on any atom is -0.497 e. The van der Waals surface area contributed by atoms with Gasteiger partial charge in [0.15, 0.2) is 0 Å². The van der Waals surface area contributed by atoms with Gasteiger partial charge in [0.05, 0.1) is 56.0 Å². The highest BCUT2D eigenvalue weighted by Crippen LogP contribution is 2.23. The summed E-state index contributed by atoms with van der Waals surface area (Å²) in [7, 11) is 1.62. The molecule has 0 unspecified atom stereocenters. The lowest BCUT2D eigenvalue weighted by Crippen LogP contribution is -2.10. The molecule has 40 heavy (non-hydrogen) atoms. The Bertz CT molecular complexity index is 1210. The van der Waals surface area contributed by atoms with Gasteiger partial charge in [0.1, 0.15) is 17.2 Å². The van der Waals surface area contributed by atoms with Crippen LogP contribution in [0.25, 0.3) is 0 Å². The van der Waals surface area contributed by atoms with Crippen molar-refractivity contribution in [3.63, 3.8) is 0 Å². The van der Waals surface area contributed by atoms with Crippen molar-refractivity contribution in [2.45, 2.75) is 39.5 Å². The first-order chi connectivity index (χ1) is 19.5. The lowest BCUT2D eigenvalue weighted by Gasteiger charge is -2.11. The highest BCUT2D eigenvalue weighted by Gasteiger charge is 2.15. The van der Waals surface area contributed by atoms with Gasteiger partial charge in [0.25, 0.3) is 0 Å². The van der Waals surface area contributed by atoms with Gasteiger partial charge in [0, 0.05) is 0 Å². The Morgan fingerprint density at radius 3 is 1.50 bits per heavy atom. The number of carbonyl (C=O) groups excluding carboxylic acids is 2. The van der Waals surface area contributed by atoms with E-state index in [1.54, 1.807) is 33.1 Å². The van der Waals surface area contributed by atoms with Gasteiger partial charge in [0.2, 0.25) is 0 Å². The van der Waals surface area contributed by atoms with Gasteiger partial charge in [-0.2, -0.15) is 10.2 Å². The van der Waals surface area contributed by atoms with Gasteiger partial charge in [-0.15, -0.1) is 0 Å². The fourth-order valence-electron chi connectivity index (χ4n) is 3.66. The third-order valence-electron chi connectivity index (χ3n) is 5.70. The zero-order chi connectivity index (χ0) is 28.6. The molecule has 3 rings (SSSR count). The maximum absolute atomic E-state index is 12.2. The Morgan fingerprint density at radius 1 is 0.600 bits per heavy atom. The lowest BCUT2D eigenvalue weighted by molar-refractivity contribution is 0.0524. The van der Waals surface area contributed by atoms with Crippen molar-refractivity contribution in [1.82, 2.24) is 0 Å². The highest BCUT2D eigenvalue weighted by atomic mass is 16.5. The SMILES string of the molecule is CCOC(=O)c1cc(OCCCCCCOc2ccc(N=Nc3ccc(OC)cc3)cc2)cc(C(=O)OCC)c1. The standard InChI is InChI=1S/C31H36N2O7/c1-4-37-30(34)23-20-24(31(35)38-5-2)22-29(21-23)40-19-9-7-6-8-18-39-28-16-12-26(13-17-28)33-32-25-10-14-27(36-3)15-11-25/h10-17,20-22H,4-9,18-19H2,1-3H3. The van der Waals surface area contributed by atoms with Crippen molar-refractivity contribution in [3.8, 4) is 17.2 Å². The van der Waals surface area contributed by atoms with E-state index in [1.165, 1.54) is 6.07 Å². The Hall–Kier alpha value is -4.40. The van der Waals surface area contributed by atoms with Crippen LogP contribution < -0.4 is 14.2 Å². The molecule has 9 heteroatoms. The van der Waals surface area contributed by atoms with Crippen molar-refractivity contribution in [3.05, 3.63) is 77.9 Å². The summed E-state index contributed by atoms with van der Waals surface area (Å²) in [6.07, 6.45) is 3.67. The van der Waals surface area contributed by atoms with E-state index in [-0.39, 0.29) is 24.3 Å². The predicted molar refractivity (Wildman–Crippen MR) is 151 cm³/mol. The minimum absolute atomic E-state index is 0.241. The molecule has 9 nitrogen and oxygen atoms in total. The first kappa shape index (κ1) is 30.1. The monoisotopic (exact) mass is 548 g/mol. The first-order valence-corrected chi connectivity index (χ1v) is 13.4. The number of azo groups is 1. The molecule has 0 aliphatic rings. The van der Waals surface area contributed by atoms with Crippen molar-refractivity contribution in [1.29, 1.82) is 0 Å². The fourth-order valence-corrected chi connectivity index (χ4v) is 3.66. The zero-order valence-corrected chi connectivity index (χ0v) is 23.3. The second kappa shape index (κ2) is 16.5. The third kappa shape index (κ3) is 10.1. The normalized spacial score (nSPS) is 10.8. The van der Waals surface area contributed by atoms with Crippen LogP contribution in [0.15, 0.2) is 77.0 Å². The summed E-state index contributed by atoms with van der Waals surface area (Å²) < 4.78 is 26.9.